The standard InChI is InChI=1S/C11H18N2S/c1-7(5-12)9-6-14-10(13-9)8-4-11(8,2)3/h6-8H,4-5,12H2,1-3H3. The average Bonchev–Trinajstić information content (AvgIpc) is 2.64. The van der Waals surface area contributed by atoms with Crippen molar-refractivity contribution in [2.45, 2.75) is 39.0 Å². The zero-order valence-electron chi connectivity index (χ0n) is 9.08. The van der Waals surface area contributed by atoms with Crippen LogP contribution in [0.1, 0.15) is 49.7 Å². The highest BCUT2D eigenvalue weighted by Gasteiger charge is 2.48. The zero-order valence-corrected chi connectivity index (χ0v) is 9.90. The van der Waals surface area contributed by atoms with Gasteiger partial charge in [-0.2, -0.15) is 0 Å². The first-order valence-corrected chi connectivity index (χ1v) is 6.08. The molecule has 14 heavy (non-hydrogen) atoms. The molecule has 0 amide bonds. The van der Waals surface area contributed by atoms with E-state index < -0.39 is 0 Å². The van der Waals surface area contributed by atoms with E-state index in [0.29, 0.717) is 23.8 Å². The maximum atomic E-state index is 5.62. The third-order valence-electron chi connectivity index (χ3n) is 3.21. The van der Waals surface area contributed by atoms with Crippen molar-refractivity contribution in [1.82, 2.24) is 4.98 Å². The van der Waals surface area contributed by atoms with Crippen molar-refractivity contribution >= 4 is 11.3 Å². The molecule has 1 aromatic rings. The molecule has 78 valence electrons. The smallest absolute Gasteiger partial charge is 0.0964 e. The van der Waals surface area contributed by atoms with Gasteiger partial charge in [0.05, 0.1) is 10.7 Å². The molecule has 1 heterocycles. The van der Waals surface area contributed by atoms with E-state index in [1.807, 2.05) is 0 Å². The molecule has 1 aliphatic carbocycles. The highest BCUT2D eigenvalue weighted by atomic mass is 32.1. The topological polar surface area (TPSA) is 38.9 Å². The number of rotatable bonds is 3. The molecular weight excluding hydrogens is 192 g/mol. The van der Waals surface area contributed by atoms with Crippen molar-refractivity contribution in [3.05, 3.63) is 16.1 Å². The van der Waals surface area contributed by atoms with Gasteiger partial charge in [0.1, 0.15) is 0 Å². The summed E-state index contributed by atoms with van der Waals surface area (Å²) in [5.74, 6) is 1.10. The van der Waals surface area contributed by atoms with Crippen LogP contribution in [0.5, 0.6) is 0 Å². The predicted molar refractivity (Wildman–Crippen MR) is 60.7 cm³/mol. The summed E-state index contributed by atoms with van der Waals surface area (Å²) in [6.45, 7) is 7.45. The van der Waals surface area contributed by atoms with Gasteiger partial charge in [0.15, 0.2) is 0 Å². The Balaban J connectivity index is 2.11. The first kappa shape index (κ1) is 10.1. The van der Waals surface area contributed by atoms with Gasteiger partial charge in [-0.05, 0) is 11.8 Å². The minimum Gasteiger partial charge on any atom is -0.330 e. The Bertz CT molecular complexity index is 330. The third-order valence-corrected chi connectivity index (χ3v) is 4.19. The number of hydrogen-bond acceptors (Lipinski definition) is 3. The zero-order chi connectivity index (χ0) is 10.3. The van der Waals surface area contributed by atoms with E-state index in [-0.39, 0.29) is 0 Å². The predicted octanol–water partition coefficient (Wildman–Crippen LogP) is 2.72. The van der Waals surface area contributed by atoms with Crippen LogP contribution in [0.4, 0.5) is 0 Å². The summed E-state index contributed by atoms with van der Waals surface area (Å²) in [7, 11) is 0. The molecule has 0 saturated heterocycles. The molecule has 0 aliphatic heterocycles. The van der Waals surface area contributed by atoms with E-state index in [1.54, 1.807) is 11.3 Å². The minimum absolute atomic E-state index is 0.405. The van der Waals surface area contributed by atoms with Crippen LogP contribution in [0.3, 0.4) is 0 Å². The van der Waals surface area contributed by atoms with Gasteiger partial charge in [-0.1, -0.05) is 20.8 Å². The van der Waals surface area contributed by atoms with Gasteiger partial charge >= 0.3 is 0 Å². The number of hydrogen-bond donors (Lipinski definition) is 1. The van der Waals surface area contributed by atoms with E-state index in [2.05, 4.69) is 31.1 Å². The molecule has 2 unspecified atom stereocenters. The maximum Gasteiger partial charge on any atom is 0.0964 e. The first-order valence-electron chi connectivity index (χ1n) is 5.20. The molecule has 1 saturated carbocycles. The van der Waals surface area contributed by atoms with Gasteiger partial charge in [-0.25, -0.2) is 4.98 Å². The summed E-state index contributed by atoms with van der Waals surface area (Å²) in [4.78, 5) is 4.68. The van der Waals surface area contributed by atoms with E-state index in [0.717, 1.165) is 0 Å². The Labute approximate surface area is 89.5 Å². The lowest BCUT2D eigenvalue weighted by Gasteiger charge is -2.03. The van der Waals surface area contributed by atoms with Gasteiger partial charge in [0, 0.05) is 23.8 Å². The van der Waals surface area contributed by atoms with Crippen LogP contribution in [0, 0.1) is 5.41 Å². The van der Waals surface area contributed by atoms with Crippen molar-refractivity contribution in [1.29, 1.82) is 0 Å². The van der Waals surface area contributed by atoms with Crippen LogP contribution >= 0.6 is 11.3 Å². The van der Waals surface area contributed by atoms with Gasteiger partial charge in [0.2, 0.25) is 0 Å². The fraction of sp³-hybridized carbons (Fsp3) is 0.727. The van der Waals surface area contributed by atoms with E-state index in [9.17, 15) is 0 Å². The van der Waals surface area contributed by atoms with Gasteiger partial charge in [-0.15, -0.1) is 11.3 Å². The molecule has 3 heteroatoms. The summed E-state index contributed by atoms with van der Waals surface area (Å²) in [5, 5.41) is 3.48. The Hall–Kier alpha value is -0.410. The summed E-state index contributed by atoms with van der Waals surface area (Å²) in [6, 6.07) is 0. The van der Waals surface area contributed by atoms with Crippen molar-refractivity contribution < 1.29 is 0 Å². The van der Waals surface area contributed by atoms with Crippen LogP contribution in [0.2, 0.25) is 0 Å². The molecular formula is C11H18N2S. The fourth-order valence-electron chi connectivity index (χ4n) is 1.70. The van der Waals surface area contributed by atoms with Crippen molar-refractivity contribution in [2.24, 2.45) is 11.1 Å². The van der Waals surface area contributed by atoms with Crippen molar-refractivity contribution in [3.8, 4) is 0 Å². The molecule has 0 aromatic carbocycles. The second-order valence-electron chi connectivity index (χ2n) is 4.99. The summed E-state index contributed by atoms with van der Waals surface area (Å²) >= 11 is 1.80. The molecule has 1 aliphatic rings. The van der Waals surface area contributed by atoms with Gasteiger partial charge in [-0.3, -0.25) is 0 Å². The SMILES string of the molecule is CC(CN)c1csc(C2CC2(C)C)n1. The maximum absolute atomic E-state index is 5.62. The van der Waals surface area contributed by atoms with Gasteiger partial charge < -0.3 is 5.73 Å². The lowest BCUT2D eigenvalue weighted by Crippen LogP contribution is -2.09. The number of thiazole rings is 1. The van der Waals surface area contributed by atoms with Crippen molar-refractivity contribution in [2.75, 3.05) is 6.54 Å². The van der Waals surface area contributed by atoms with Crippen LogP contribution in [-0.2, 0) is 0 Å². The molecule has 2 rings (SSSR count). The molecule has 0 spiro atoms. The van der Waals surface area contributed by atoms with Crippen LogP contribution in [0.25, 0.3) is 0 Å². The summed E-state index contributed by atoms with van der Waals surface area (Å²) in [5.41, 5.74) is 7.29. The second-order valence-corrected chi connectivity index (χ2v) is 5.88. The monoisotopic (exact) mass is 210 g/mol. The van der Waals surface area contributed by atoms with Crippen LogP contribution in [0.15, 0.2) is 5.38 Å². The van der Waals surface area contributed by atoms with E-state index in [1.165, 1.54) is 17.1 Å². The minimum atomic E-state index is 0.405. The summed E-state index contributed by atoms with van der Waals surface area (Å²) in [6.07, 6.45) is 1.29. The lowest BCUT2D eigenvalue weighted by molar-refractivity contribution is 0.618. The summed E-state index contributed by atoms with van der Waals surface area (Å²) < 4.78 is 0. The molecule has 0 bridgehead atoms. The highest BCUT2D eigenvalue weighted by molar-refractivity contribution is 7.09. The number of nitrogens with zero attached hydrogens (tertiary/aromatic N) is 1. The Morgan fingerprint density at radius 2 is 2.36 bits per heavy atom. The molecule has 2 N–H and O–H groups in total. The van der Waals surface area contributed by atoms with Crippen LogP contribution in [-0.4, -0.2) is 11.5 Å². The second kappa shape index (κ2) is 3.31. The van der Waals surface area contributed by atoms with E-state index in [4.69, 9.17) is 5.73 Å². The molecule has 1 aromatic heterocycles. The lowest BCUT2D eigenvalue weighted by atomic mass is 10.1. The average molecular weight is 210 g/mol. The Morgan fingerprint density at radius 1 is 1.71 bits per heavy atom. The van der Waals surface area contributed by atoms with E-state index >= 15 is 0 Å². The molecule has 0 radical (unpaired) electrons. The largest absolute Gasteiger partial charge is 0.330 e. The molecule has 1 fully saturated rings. The number of aromatic nitrogens is 1. The van der Waals surface area contributed by atoms with Gasteiger partial charge in [0.25, 0.3) is 0 Å². The molecule has 2 nitrogen and oxygen atoms in total. The van der Waals surface area contributed by atoms with Crippen molar-refractivity contribution in [3.63, 3.8) is 0 Å². The number of nitrogens with two attached hydrogens (primary N) is 1. The highest BCUT2D eigenvalue weighted by Crippen LogP contribution is 2.59. The fourth-order valence-corrected chi connectivity index (χ4v) is 2.95. The van der Waals surface area contributed by atoms with Crippen LogP contribution < -0.4 is 5.73 Å². The normalized spacial score (nSPS) is 26.1. The molecule has 2 atom stereocenters. The Morgan fingerprint density at radius 3 is 2.86 bits per heavy atom. The third kappa shape index (κ3) is 1.71. The quantitative estimate of drug-likeness (QED) is 0.833. The Kier molecular flexibility index (Phi) is 2.40. The first-order chi connectivity index (χ1) is 6.54.